The number of hydrazine groups is 1. The smallest absolute Gasteiger partial charge is 0.432 e. The molecule has 272 valence electrons. The number of piperidine rings is 1. The number of carbonyl (C=O) groups excluding carboxylic acids is 3. The Morgan fingerprint density at radius 1 is 1.14 bits per heavy atom. The number of alkyl halides is 3. The van der Waals surface area contributed by atoms with Gasteiger partial charge in [-0.3, -0.25) is 15.1 Å². The number of methoxy groups -OCH3 is 1. The summed E-state index contributed by atoms with van der Waals surface area (Å²) in [7, 11) is 1.36. The van der Waals surface area contributed by atoms with Crippen molar-refractivity contribution in [3.8, 4) is 0 Å². The molecule has 2 atom stereocenters. The van der Waals surface area contributed by atoms with E-state index in [1.165, 1.54) is 18.9 Å². The number of nitrogens with one attached hydrogen (secondary N) is 3. The number of esters is 1. The van der Waals surface area contributed by atoms with Crippen molar-refractivity contribution in [2.45, 2.75) is 97.3 Å². The summed E-state index contributed by atoms with van der Waals surface area (Å²) < 4.78 is 63.7. The van der Waals surface area contributed by atoms with Gasteiger partial charge in [-0.15, -0.1) is 0 Å². The number of allylic oxidation sites excluding steroid dienone is 3. The quantitative estimate of drug-likeness (QED) is 0.240. The number of benzene rings is 1. The van der Waals surface area contributed by atoms with E-state index in [1.54, 1.807) is 39.8 Å². The van der Waals surface area contributed by atoms with Gasteiger partial charge in [-0.25, -0.2) is 14.4 Å². The molecule has 2 amide bonds. The van der Waals surface area contributed by atoms with E-state index < -0.39 is 35.6 Å². The van der Waals surface area contributed by atoms with E-state index in [4.69, 9.17) is 23.8 Å². The SMILES string of the molecule is CCOC(=O)[C@@H]1CC[C@@H](Nc2ccc3c(c2CNC(C)=O)COCCCC2=C3N(OCOC)NC(C(F)(F)F)=C2)CN1C(=O)OC(C)(C)C. The van der Waals surface area contributed by atoms with Crippen LogP contribution >= 0.6 is 0 Å². The lowest BCUT2D eigenvalue weighted by atomic mass is 9.92. The number of rotatable bonds is 9. The largest absolute Gasteiger partial charge is 0.464 e. The lowest BCUT2D eigenvalue weighted by Crippen LogP contribution is -2.55. The van der Waals surface area contributed by atoms with Crippen LogP contribution in [0.1, 0.15) is 77.0 Å². The van der Waals surface area contributed by atoms with E-state index in [-0.39, 0.29) is 58.1 Å². The molecule has 0 spiro atoms. The zero-order valence-electron chi connectivity index (χ0n) is 28.8. The second kappa shape index (κ2) is 16.1. The topological polar surface area (TPSA) is 140 Å². The Labute approximate surface area is 284 Å². The second-order valence-electron chi connectivity index (χ2n) is 12.9. The van der Waals surface area contributed by atoms with Crippen LogP contribution in [0, 0.1) is 0 Å². The van der Waals surface area contributed by atoms with Crippen molar-refractivity contribution >= 4 is 29.4 Å². The molecule has 0 aromatic heterocycles. The van der Waals surface area contributed by atoms with Crippen LogP contribution in [-0.4, -0.2) is 85.6 Å². The lowest BCUT2D eigenvalue weighted by molar-refractivity contribution is -0.214. The molecule has 0 unspecified atom stereocenters. The molecule has 3 aliphatic heterocycles. The highest BCUT2D eigenvalue weighted by atomic mass is 19.4. The third kappa shape index (κ3) is 9.79. The molecule has 16 heteroatoms. The number of likely N-dealkylation sites (tertiary alicyclic amines) is 1. The van der Waals surface area contributed by atoms with Gasteiger partial charge < -0.3 is 29.6 Å². The van der Waals surface area contributed by atoms with Gasteiger partial charge in [0, 0.05) is 56.6 Å². The second-order valence-corrected chi connectivity index (χ2v) is 12.9. The van der Waals surface area contributed by atoms with Gasteiger partial charge >= 0.3 is 18.2 Å². The summed E-state index contributed by atoms with van der Waals surface area (Å²) in [6.07, 6.45) is -2.72. The van der Waals surface area contributed by atoms with Crippen molar-refractivity contribution in [3.05, 3.63) is 46.2 Å². The first-order valence-corrected chi connectivity index (χ1v) is 16.2. The lowest BCUT2D eigenvalue weighted by Gasteiger charge is -2.39. The average Bonchev–Trinajstić information content (AvgIpc) is 3.10. The van der Waals surface area contributed by atoms with Crippen LogP contribution in [0.5, 0.6) is 0 Å². The fraction of sp³-hybridized carbons (Fsp3) is 0.606. The van der Waals surface area contributed by atoms with Gasteiger partial charge in [0.15, 0.2) is 6.79 Å². The minimum atomic E-state index is -4.67. The maximum absolute atomic E-state index is 13.9. The third-order valence-electron chi connectivity index (χ3n) is 7.96. The van der Waals surface area contributed by atoms with Crippen LogP contribution in [-0.2, 0) is 46.5 Å². The van der Waals surface area contributed by atoms with E-state index in [0.29, 0.717) is 52.9 Å². The van der Waals surface area contributed by atoms with Gasteiger partial charge in [0.1, 0.15) is 17.3 Å². The van der Waals surface area contributed by atoms with E-state index in [9.17, 15) is 27.6 Å². The fourth-order valence-corrected chi connectivity index (χ4v) is 5.87. The number of ether oxygens (including phenoxy) is 4. The Hall–Kier alpha value is -4.02. The van der Waals surface area contributed by atoms with Crippen molar-refractivity contribution in [1.82, 2.24) is 20.8 Å². The third-order valence-corrected chi connectivity index (χ3v) is 7.96. The Morgan fingerprint density at radius 2 is 1.90 bits per heavy atom. The Kier molecular flexibility index (Phi) is 12.4. The molecule has 13 nitrogen and oxygen atoms in total. The molecule has 3 heterocycles. The molecule has 49 heavy (non-hydrogen) atoms. The minimum absolute atomic E-state index is 0.0662. The van der Waals surface area contributed by atoms with Crippen molar-refractivity contribution in [2.24, 2.45) is 0 Å². The minimum Gasteiger partial charge on any atom is -0.464 e. The van der Waals surface area contributed by atoms with Gasteiger partial charge in [-0.05, 0) is 76.7 Å². The monoisotopic (exact) mass is 697 g/mol. The zero-order valence-corrected chi connectivity index (χ0v) is 28.8. The van der Waals surface area contributed by atoms with Crippen molar-refractivity contribution in [1.29, 1.82) is 0 Å². The highest BCUT2D eigenvalue weighted by Gasteiger charge is 2.41. The molecular formula is C33H46F3N5O8. The van der Waals surface area contributed by atoms with Crippen LogP contribution < -0.4 is 16.1 Å². The average molecular weight is 698 g/mol. The van der Waals surface area contributed by atoms with E-state index in [0.717, 1.165) is 11.2 Å². The Morgan fingerprint density at radius 3 is 2.55 bits per heavy atom. The molecule has 0 aliphatic carbocycles. The van der Waals surface area contributed by atoms with Gasteiger partial charge in [0.05, 0.1) is 18.9 Å². The number of anilines is 1. The number of hydrogen-bond acceptors (Lipinski definition) is 11. The standard InChI is InChI=1S/C33H46F3N5O8/c1-7-47-30(43)27-13-10-22(17-40(27)31(44)49-32(3,4)5)38-26-12-11-23-25(24(26)16-37-20(2)42)18-46-14-8-9-21-15-28(33(34,35)36)39-41(29(21)23)48-19-45-6/h11-12,15,22,27,38-39H,7-10,13-14,16-19H2,1-6H3,(H,37,42)/t22-,27+/m1/s1. The maximum atomic E-state index is 13.9. The summed E-state index contributed by atoms with van der Waals surface area (Å²) in [4.78, 5) is 45.2. The molecule has 3 aliphatic rings. The summed E-state index contributed by atoms with van der Waals surface area (Å²) in [6.45, 7) is 8.68. The summed E-state index contributed by atoms with van der Waals surface area (Å²) in [6, 6.07) is 2.36. The summed E-state index contributed by atoms with van der Waals surface area (Å²) in [5.74, 6) is -0.804. The molecule has 4 rings (SSSR count). The number of hydroxylamine groups is 1. The number of carbonyl (C=O) groups is 3. The first kappa shape index (κ1) is 37.8. The van der Waals surface area contributed by atoms with Gasteiger partial charge in [0.25, 0.3) is 0 Å². The Balaban J connectivity index is 1.78. The van der Waals surface area contributed by atoms with Gasteiger partial charge in [-0.2, -0.15) is 18.3 Å². The van der Waals surface area contributed by atoms with E-state index in [1.807, 2.05) is 0 Å². The first-order chi connectivity index (χ1) is 23.1. The predicted octanol–water partition coefficient (Wildman–Crippen LogP) is 4.89. The Bertz CT molecular complexity index is 1440. The predicted molar refractivity (Wildman–Crippen MR) is 172 cm³/mol. The summed E-state index contributed by atoms with van der Waals surface area (Å²) >= 11 is 0. The maximum Gasteiger partial charge on any atom is 0.432 e. The van der Waals surface area contributed by atoms with Crippen molar-refractivity contribution in [3.63, 3.8) is 0 Å². The number of nitrogens with zero attached hydrogens (tertiary/aromatic N) is 2. The van der Waals surface area contributed by atoms with E-state index in [2.05, 4.69) is 16.1 Å². The number of hydrogen-bond donors (Lipinski definition) is 3. The molecular weight excluding hydrogens is 651 g/mol. The number of fused-ring (bicyclic) bond motifs is 2. The summed E-state index contributed by atoms with van der Waals surface area (Å²) in [5, 5.41) is 7.30. The van der Waals surface area contributed by atoms with Gasteiger partial charge in [-0.1, -0.05) is 6.07 Å². The van der Waals surface area contributed by atoms with Crippen molar-refractivity contribution < 1.29 is 51.3 Å². The molecule has 1 aromatic carbocycles. The number of amides is 2. The number of halogens is 3. The molecule has 1 fully saturated rings. The van der Waals surface area contributed by atoms with Crippen molar-refractivity contribution in [2.75, 3.05) is 39.0 Å². The molecule has 1 saturated heterocycles. The van der Waals surface area contributed by atoms with Crippen LogP contribution in [0.3, 0.4) is 0 Å². The van der Waals surface area contributed by atoms with Gasteiger partial charge in [0.2, 0.25) is 5.91 Å². The highest BCUT2D eigenvalue weighted by Crippen LogP contribution is 2.40. The highest BCUT2D eigenvalue weighted by molar-refractivity contribution is 5.82. The molecule has 3 N–H and O–H groups in total. The van der Waals surface area contributed by atoms with Crippen LogP contribution in [0.25, 0.3) is 5.70 Å². The fourth-order valence-electron chi connectivity index (χ4n) is 5.87. The van der Waals surface area contributed by atoms with Crippen LogP contribution in [0.2, 0.25) is 0 Å². The van der Waals surface area contributed by atoms with E-state index >= 15 is 0 Å². The molecule has 0 bridgehead atoms. The zero-order chi connectivity index (χ0) is 35.9. The molecule has 1 aromatic rings. The summed E-state index contributed by atoms with van der Waals surface area (Å²) in [5.41, 5.74) is 3.68. The normalized spacial score (nSPS) is 20.1. The molecule has 0 saturated carbocycles. The molecule has 0 radical (unpaired) electrons. The first-order valence-electron chi connectivity index (χ1n) is 16.2. The van der Waals surface area contributed by atoms with Crippen LogP contribution in [0.4, 0.5) is 23.7 Å². The van der Waals surface area contributed by atoms with Crippen LogP contribution in [0.15, 0.2) is 29.5 Å².